The molecule has 3 aromatic rings. The Labute approximate surface area is 130 Å². The number of halogens is 1. The minimum absolute atomic E-state index is 0.297. The fraction of sp³-hybridized carbons (Fsp3) is 0.0667. The number of furan rings is 1. The van der Waals surface area contributed by atoms with Crippen molar-refractivity contribution in [1.82, 2.24) is 4.98 Å². The first-order chi connectivity index (χ1) is 10.1. The molecule has 0 unspecified atom stereocenters. The van der Waals surface area contributed by atoms with E-state index in [1.54, 1.807) is 18.2 Å². The van der Waals surface area contributed by atoms with Gasteiger partial charge in [-0.15, -0.1) is 11.3 Å². The Bertz CT molecular complexity index is 777. The second-order valence-corrected chi connectivity index (χ2v) is 5.73. The fourth-order valence-electron chi connectivity index (χ4n) is 1.84. The Morgan fingerprint density at radius 1 is 1.29 bits per heavy atom. The number of amides is 1. The van der Waals surface area contributed by atoms with Gasteiger partial charge in [-0.05, 0) is 25.1 Å². The zero-order valence-electron chi connectivity index (χ0n) is 11.1. The van der Waals surface area contributed by atoms with E-state index < -0.39 is 0 Å². The van der Waals surface area contributed by atoms with Crippen LogP contribution in [0.25, 0.3) is 11.3 Å². The van der Waals surface area contributed by atoms with Crippen LogP contribution in [0.15, 0.2) is 46.4 Å². The molecule has 0 saturated heterocycles. The Balaban J connectivity index is 1.78. The molecule has 106 valence electrons. The van der Waals surface area contributed by atoms with E-state index in [2.05, 4.69) is 10.3 Å². The molecule has 1 N–H and O–H groups in total. The molecule has 0 aliphatic heterocycles. The van der Waals surface area contributed by atoms with Gasteiger partial charge in [-0.3, -0.25) is 10.1 Å². The average Bonchev–Trinajstić information content (AvgIpc) is 3.09. The maximum Gasteiger partial charge on any atom is 0.293 e. The van der Waals surface area contributed by atoms with Crippen molar-refractivity contribution in [3.8, 4) is 11.3 Å². The third-order valence-electron chi connectivity index (χ3n) is 2.93. The summed E-state index contributed by atoms with van der Waals surface area (Å²) < 4.78 is 5.15. The average molecular weight is 319 g/mol. The monoisotopic (exact) mass is 318 g/mol. The molecular weight excluding hydrogens is 308 g/mol. The van der Waals surface area contributed by atoms with Crippen molar-refractivity contribution in [3.05, 3.63) is 58.3 Å². The largest absolute Gasteiger partial charge is 0.459 e. The molecule has 0 spiro atoms. The lowest BCUT2D eigenvalue weighted by atomic mass is 10.2. The topological polar surface area (TPSA) is 55.1 Å². The molecule has 1 aromatic carbocycles. The summed E-state index contributed by atoms with van der Waals surface area (Å²) in [6.07, 6.45) is 1.49. The van der Waals surface area contributed by atoms with Crippen LogP contribution in [0.4, 0.5) is 5.13 Å². The summed E-state index contributed by atoms with van der Waals surface area (Å²) in [5.41, 5.74) is 2.54. The maximum atomic E-state index is 12.0. The van der Waals surface area contributed by atoms with Gasteiger partial charge in [0.1, 0.15) is 0 Å². The number of carbonyl (C=O) groups excluding carboxylic acids is 1. The minimum Gasteiger partial charge on any atom is -0.459 e. The number of rotatable bonds is 3. The zero-order valence-corrected chi connectivity index (χ0v) is 12.7. The highest BCUT2D eigenvalue weighted by Crippen LogP contribution is 2.26. The van der Waals surface area contributed by atoms with Gasteiger partial charge in [0, 0.05) is 21.5 Å². The molecule has 0 bridgehead atoms. The van der Waals surface area contributed by atoms with Crippen LogP contribution >= 0.6 is 22.9 Å². The molecule has 0 atom stereocenters. The summed E-state index contributed by atoms with van der Waals surface area (Å²) in [5, 5.41) is 5.82. The van der Waals surface area contributed by atoms with Gasteiger partial charge < -0.3 is 4.42 Å². The van der Waals surface area contributed by atoms with E-state index in [1.807, 2.05) is 24.4 Å². The van der Waals surface area contributed by atoms with E-state index in [4.69, 9.17) is 16.0 Å². The first-order valence-electron chi connectivity index (χ1n) is 6.20. The van der Waals surface area contributed by atoms with Gasteiger partial charge in [-0.25, -0.2) is 4.98 Å². The normalized spacial score (nSPS) is 10.6. The lowest BCUT2D eigenvalue weighted by Gasteiger charge is -1.99. The van der Waals surface area contributed by atoms with Gasteiger partial charge in [0.2, 0.25) is 0 Å². The Morgan fingerprint density at radius 2 is 2.05 bits per heavy atom. The fourth-order valence-corrected chi connectivity index (χ4v) is 2.68. The number of hydrogen-bond donors (Lipinski definition) is 1. The smallest absolute Gasteiger partial charge is 0.293 e. The van der Waals surface area contributed by atoms with Crippen molar-refractivity contribution >= 4 is 34.0 Å². The van der Waals surface area contributed by atoms with Crippen LogP contribution in [0.2, 0.25) is 5.02 Å². The van der Waals surface area contributed by atoms with Crippen molar-refractivity contribution in [2.75, 3.05) is 5.32 Å². The third kappa shape index (κ3) is 2.99. The van der Waals surface area contributed by atoms with E-state index in [1.165, 1.54) is 17.6 Å². The predicted octanol–water partition coefficient (Wildman–Crippen LogP) is 4.62. The van der Waals surface area contributed by atoms with Crippen LogP contribution in [0.5, 0.6) is 0 Å². The molecule has 0 fully saturated rings. The molecule has 0 aliphatic carbocycles. The van der Waals surface area contributed by atoms with E-state index in [0.29, 0.717) is 15.9 Å². The van der Waals surface area contributed by atoms with Crippen molar-refractivity contribution in [2.24, 2.45) is 0 Å². The second kappa shape index (κ2) is 5.71. The molecule has 0 aliphatic rings. The predicted molar refractivity (Wildman–Crippen MR) is 84.0 cm³/mol. The molecule has 2 heterocycles. The molecule has 21 heavy (non-hydrogen) atoms. The lowest BCUT2D eigenvalue weighted by molar-refractivity contribution is 0.0996. The Morgan fingerprint density at radius 3 is 2.71 bits per heavy atom. The molecule has 3 rings (SSSR count). The number of aryl methyl sites for hydroxylation is 1. The van der Waals surface area contributed by atoms with E-state index in [9.17, 15) is 4.79 Å². The van der Waals surface area contributed by atoms with Crippen LogP contribution in [-0.4, -0.2) is 10.9 Å². The third-order valence-corrected chi connectivity index (χ3v) is 3.94. The molecular formula is C15H11ClN2O2S. The summed E-state index contributed by atoms with van der Waals surface area (Å²) >= 11 is 7.22. The van der Waals surface area contributed by atoms with E-state index in [0.717, 1.165) is 16.8 Å². The van der Waals surface area contributed by atoms with Crippen LogP contribution < -0.4 is 5.32 Å². The molecule has 4 nitrogen and oxygen atoms in total. The van der Waals surface area contributed by atoms with Crippen molar-refractivity contribution in [2.45, 2.75) is 6.92 Å². The summed E-state index contributed by atoms with van der Waals surface area (Å²) in [6.45, 7) is 1.82. The van der Waals surface area contributed by atoms with Gasteiger partial charge in [-0.2, -0.15) is 0 Å². The van der Waals surface area contributed by atoms with E-state index >= 15 is 0 Å². The summed E-state index contributed by atoms with van der Waals surface area (Å²) in [4.78, 5) is 16.4. The first-order valence-corrected chi connectivity index (χ1v) is 7.46. The highest BCUT2D eigenvalue weighted by molar-refractivity contribution is 7.14. The summed E-state index contributed by atoms with van der Waals surface area (Å²) in [7, 11) is 0. The first kappa shape index (κ1) is 13.9. The molecule has 0 saturated carbocycles. The molecule has 0 radical (unpaired) electrons. The Kier molecular flexibility index (Phi) is 3.77. The van der Waals surface area contributed by atoms with E-state index in [-0.39, 0.29) is 5.91 Å². The highest BCUT2D eigenvalue weighted by Gasteiger charge is 2.14. The maximum absolute atomic E-state index is 12.0. The minimum atomic E-state index is -0.297. The number of anilines is 1. The standard InChI is InChI=1S/C15H11ClN2O2S/c1-9-6-7-20-13(9)14(19)18-15-17-12(8-21-15)10-2-4-11(16)5-3-10/h2-8H,1H3,(H,17,18,19). The number of aromatic nitrogens is 1. The number of nitrogens with zero attached hydrogens (tertiary/aromatic N) is 1. The van der Waals surface area contributed by atoms with Crippen LogP contribution in [-0.2, 0) is 0 Å². The lowest BCUT2D eigenvalue weighted by Crippen LogP contribution is -2.11. The Hall–Kier alpha value is -2.11. The molecule has 1 amide bonds. The van der Waals surface area contributed by atoms with Gasteiger partial charge >= 0.3 is 0 Å². The van der Waals surface area contributed by atoms with Gasteiger partial charge in [0.15, 0.2) is 10.9 Å². The quantitative estimate of drug-likeness (QED) is 0.766. The summed E-state index contributed by atoms with van der Waals surface area (Å²) in [5.74, 6) is 0.00718. The number of nitrogens with one attached hydrogen (secondary N) is 1. The van der Waals surface area contributed by atoms with Crippen molar-refractivity contribution in [1.29, 1.82) is 0 Å². The SMILES string of the molecule is Cc1ccoc1C(=O)Nc1nc(-c2ccc(Cl)cc2)cs1. The van der Waals surface area contributed by atoms with Crippen LogP contribution in [0, 0.1) is 6.92 Å². The second-order valence-electron chi connectivity index (χ2n) is 4.43. The van der Waals surface area contributed by atoms with Gasteiger partial charge in [0.05, 0.1) is 12.0 Å². The summed E-state index contributed by atoms with van der Waals surface area (Å²) in [6, 6.07) is 9.14. The van der Waals surface area contributed by atoms with Gasteiger partial charge in [0.25, 0.3) is 5.91 Å². The number of carbonyl (C=O) groups is 1. The van der Waals surface area contributed by atoms with Crippen molar-refractivity contribution in [3.63, 3.8) is 0 Å². The van der Waals surface area contributed by atoms with Crippen LogP contribution in [0.3, 0.4) is 0 Å². The number of hydrogen-bond acceptors (Lipinski definition) is 4. The van der Waals surface area contributed by atoms with Crippen LogP contribution in [0.1, 0.15) is 16.1 Å². The number of thiazole rings is 1. The van der Waals surface area contributed by atoms with Crippen molar-refractivity contribution < 1.29 is 9.21 Å². The molecule has 2 aromatic heterocycles. The van der Waals surface area contributed by atoms with Gasteiger partial charge in [-0.1, -0.05) is 23.7 Å². The highest BCUT2D eigenvalue weighted by atomic mass is 35.5. The zero-order chi connectivity index (χ0) is 14.8. The number of benzene rings is 1. The molecule has 6 heteroatoms.